The number of methoxy groups -OCH3 is 2. The lowest BCUT2D eigenvalue weighted by Gasteiger charge is -2.32. The number of benzene rings is 2. The fraction of sp³-hybridized carbons (Fsp3) is 0.391. The van der Waals surface area contributed by atoms with E-state index in [2.05, 4.69) is 51.4 Å². The zero-order valence-electron chi connectivity index (χ0n) is 17.6. The molecule has 1 aliphatic rings. The minimum atomic E-state index is 0.217. The molecule has 1 saturated heterocycles. The molecule has 0 aliphatic carbocycles. The molecule has 1 N–H and O–H groups in total. The van der Waals surface area contributed by atoms with E-state index in [1.807, 2.05) is 12.1 Å². The maximum Gasteiger partial charge on any atom is 0.224 e. The zero-order chi connectivity index (χ0) is 21.1. The molecule has 0 radical (unpaired) electrons. The Hall–Kier alpha value is -2.57. The first kappa shape index (κ1) is 20.7. The molecular formula is C23H27ClN4O2. The second-order valence-electron chi connectivity index (χ2n) is 7.75. The van der Waals surface area contributed by atoms with Crippen molar-refractivity contribution in [2.24, 2.45) is 0 Å². The Kier molecular flexibility index (Phi) is 6.25. The number of piperidine rings is 1. The first-order chi connectivity index (χ1) is 14.6. The molecule has 0 amide bonds. The predicted molar refractivity (Wildman–Crippen MR) is 121 cm³/mol. The van der Waals surface area contributed by atoms with Gasteiger partial charge in [-0.3, -0.25) is 4.90 Å². The molecular weight excluding hydrogens is 400 g/mol. The van der Waals surface area contributed by atoms with E-state index >= 15 is 0 Å². The first-order valence-electron chi connectivity index (χ1n) is 10.2. The number of aryl methyl sites for hydroxylation is 1. The topological polar surface area (TPSA) is 59.5 Å². The molecule has 0 bridgehead atoms. The first-order valence-corrected chi connectivity index (χ1v) is 10.6. The van der Waals surface area contributed by atoms with Crippen molar-refractivity contribution in [1.82, 2.24) is 14.9 Å². The maximum absolute atomic E-state index is 6.19. The van der Waals surface area contributed by atoms with E-state index in [-0.39, 0.29) is 5.28 Å². The molecule has 30 heavy (non-hydrogen) atoms. The van der Waals surface area contributed by atoms with Gasteiger partial charge in [0.25, 0.3) is 0 Å². The number of fused-ring (bicyclic) bond motifs is 1. The molecule has 1 fully saturated rings. The lowest BCUT2D eigenvalue weighted by Crippen LogP contribution is -2.38. The number of halogens is 1. The molecule has 6 nitrogen and oxygen atoms in total. The van der Waals surface area contributed by atoms with Gasteiger partial charge in [-0.2, -0.15) is 0 Å². The predicted octanol–water partition coefficient (Wildman–Crippen LogP) is 4.69. The van der Waals surface area contributed by atoms with Gasteiger partial charge in [-0.15, -0.1) is 0 Å². The summed E-state index contributed by atoms with van der Waals surface area (Å²) in [5.41, 5.74) is 3.39. The molecule has 1 aromatic heterocycles. The number of rotatable bonds is 6. The number of ether oxygens (including phenoxy) is 2. The van der Waals surface area contributed by atoms with Crippen molar-refractivity contribution in [3.63, 3.8) is 0 Å². The van der Waals surface area contributed by atoms with Gasteiger partial charge >= 0.3 is 0 Å². The standard InChI is InChI=1S/C23H27ClN4O2/c1-15-4-6-16(7-5-15)14-28-10-8-17(9-11-28)25-22-18-12-20(29-2)21(30-3)13-19(18)26-23(24)27-22/h4-7,12-13,17H,8-11,14H2,1-3H3,(H,25,26,27). The molecule has 0 atom stereocenters. The number of anilines is 1. The van der Waals surface area contributed by atoms with Gasteiger partial charge < -0.3 is 14.8 Å². The van der Waals surface area contributed by atoms with Crippen LogP contribution in [0.3, 0.4) is 0 Å². The molecule has 0 spiro atoms. The second kappa shape index (κ2) is 9.06. The summed E-state index contributed by atoms with van der Waals surface area (Å²) in [5, 5.41) is 4.68. The van der Waals surface area contributed by atoms with Crippen LogP contribution >= 0.6 is 11.6 Å². The van der Waals surface area contributed by atoms with Crippen molar-refractivity contribution < 1.29 is 9.47 Å². The third-order valence-electron chi connectivity index (χ3n) is 5.63. The van der Waals surface area contributed by atoms with E-state index in [0.29, 0.717) is 17.5 Å². The number of hydrogen-bond donors (Lipinski definition) is 1. The summed E-state index contributed by atoms with van der Waals surface area (Å²) in [5.74, 6) is 2.00. The van der Waals surface area contributed by atoms with Crippen molar-refractivity contribution in [3.8, 4) is 11.5 Å². The number of nitrogens with zero attached hydrogens (tertiary/aromatic N) is 3. The van der Waals surface area contributed by atoms with Crippen LogP contribution in [0.5, 0.6) is 11.5 Å². The molecule has 0 saturated carbocycles. The van der Waals surface area contributed by atoms with Crippen molar-refractivity contribution >= 4 is 28.3 Å². The smallest absolute Gasteiger partial charge is 0.224 e. The van der Waals surface area contributed by atoms with Crippen LogP contribution in [0.15, 0.2) is 36.4 Å². The highest BCUT2D eigenvalue weighted by atomic mass is 35.5. The highest BCUT2D eigenvalue weighted by Gasteiger charge is 2.21. The van der Waals surface area contributed by atoms with Crippen LogP contribution in [-0.4, -0.2) is 48.2 Å². The number of hydrogen-bond acceptors (Lipinski definition) is 6. The molecule has 1 aliphatic heterocycles. The van der Waals surface area contributed by atoms with E-state index in [9.17, 15) is 0 Å². The van der Waals surface area contributed by atoms with Crippen LogP contribution in [0, 0.1) is 6.92 Å². The fourth-order valence-corrected chi connectivity index (χ4v) is 4.09. The van der Waals surface area contributed by atoms with E-state index in [4.69, 9.17) is 21.1 Å². The minimum absolute atomic E-state index is 0.217. The van der Waals surface area contributed by atoms with E-state index < -0.39 is 0 Å². The lowest BCUT2D eigenvalue weighted by atomic mass is 10.0. The Morgan fingerprint density at radius 3 is 2.37 bits per heavy atom. The van der Waals surface area contributed by atoms with Gasteiger partial charge in [0.1, 0.15) is 5.82 Å². The monoisotopic (exact) mass is 426 g/mol. The van der Waals surface area contributed by atoms with Gasteiger partial charge in [-0.25, -0.2) is 9.97 Å². The number of nitrogens with one attached hydrogen (secondary N) is 1. The molecule has 2 heterocycles. The minimum Gasteiger partial charge on any atom is -0.493 e. The second-order valence-corrected chi connectivity index (χ2v) is 8.08. The molecule has 4 rings (SSSR count). The summed E-state index contributed by atoms with van der Waals surface area (Å²) in [7, 11) is 3.23. The lowest BCUT2D eigenvalue weighted by molar-refractivity contribution is 0.211. The van der Waals surface area contributed by atoms with Crippen LogP contribution in [0.4, 0.5) is 5.82 Å². The van der Waals surface area contributed by atoms with Crippen molar-refractivity contribution in [2.75, 3.05) is 32.6 Å². The third-order valence-corrected chi connectivity index (χ3v) is 5.80. The molecule has 158 valence electrons. The summed E-state index contributed by atoms with van der Waals surface area (Å²) in [4.78, 5) is 11.3. The van der Waals surface area contributed by atoms with Gasteiger partial charge in [-0.05, 0) is 43.0 Å². The van der Waals surface area contributed by atoms with E-state index in [1.165, 1.54) is 11.1 Å². The average molecular weight is 427 g/mol. The molecule has 7 heteroatoms. The zero-order valence-corrected chi connectivity index (χ0v) is 18.4. The van der Waals surface area contributed by atoms with Gasteiger partial charge in [-0.1, -0.05) is 29.8 Å². The normalized spacial score (nSPS) is 15.3. The van der Waals surface area contributed by atoms with Crippen LogP contribution < -0.4 is 14.8 Å². The SMILES string of the molecule is COc1cc2nc(Cl)nc(NC3CCN(Cc4ccc(C)cc4)CC3)c2cc1OC. The van der Waals surface area contributed by atoms with Gasteiger partial charge in [0, 0.05) is 37.1 Å². The molecule has 0 unspecified atom stereocenters. The highest BCUT2D eigenvalue weighted by molar-refractivity contribution is 6.28. The molecule has 2 aromatic carbocycles. The van der Waals surface area contributed by atoms with Gasteiger partial charge in [0.05, 0.1) is 19.7 Å². The fourth-order valence-electron chi connectivity index (χ4n) is 3.92. The van der Waals surface area contributed by atoms with Crippen molar-refractivity contribution in [1.29, 1.82) is 0 Å². The molecule has 3 aromatic rings. The summed E-state index contributed by atoms with van der Waals surface area (Å²) in [6.07, 6.45) is 2.09. The van der Waals surface area contributed by atoms with Gasteiger partial charge in [0.2, 0.25) is 5.28 Å². The number of likely N-dealkylation sites (tertiary alicyclic amines) is 1. The Labute approximate surface area is 182 Å². The van der Waals surface area contributed by atoms with Crippen LogP contribution in [-0.2, 0) is 6.54 Å². The largest absolute Gasteiger partial charge is 0.493 e. The Balaban J connectivity index is 1.46. The quantitative estimate of drug-likeness (QED) is 0.577. The van der Waals surface area contributed by atoms with Crippen LogP contribution in [0.1, 0.15) is 24.0 Å². The van der Waals surface area contributed by atoms with E-state index in [0.717, 1.165) is 49.2 Å². The highest BCUT2D eigenvalue weighted by Crippen LogP contribution is 2.35. The van der Waals surface area contributed by atoms with Crippen LogP contribution in [0.25, 0.3) is 10.9 Å². The average Bonchev–Trinajstić information content (AvgIpc) is 2.75. The third kappa shape index (κ3) is 4.60. The Morgan fingerprint density at radius 2 is 1.70 bits per heavy atom. The van der Waals surface area contributed by atoms with Crippen molar-refractivity contribution in [3.05, 3.63) is 52.8 Å². The summed E-state index contributed by atoms with van der Waals surface area (Å²) >= 11 is 6.19. The Morgan fingerprint density at radius 1 is 1.03 bits per heavy atom. The summed E-state index contributed by atoms with van der Waals surface area (Å²) in [6, 6.07) is 12.9. The maximum atomic E-state index is 6.19. The summed E-state index contributed by atoms with van der Waals surface area (Å²) in [6.45, 7) is 5.20. The number of aromatic nitrogens is 2. The van der Waals surface area contributed by atoms with Crippen molar-refractivity contribution in [2.45, 2.75) is 32.4 Å². The summed E-state index contributed by atoms with van der Waals surface area (Å²) < 4.78 is 10.8. The van der Waals surface area contributed by atoms with Gasteiger partial charge in [0.15, 0.2) is 11.5 Å². The van der Waals surface area contributed by atoms with E-state index in [1.54, 1.807) is 14.2 Å². The Bertz CT molecular complexity index is 1020. The van der Waals surface area contributed by atoms with Crippen LogP contribution in [0.2, 0.25) is 5.28 Å².